The van der Waals surface area contributed by atoms with Gasteiger partial charge in [-0.15, -0.1) is 23.5 Å². The summed E-state index contributed by atoms with van der Waals surface area (Å²) < 4.78 is 12.7. The maximum atomic E-state index is 13.1. The molecule has 1 nitrogen and oxygen atoms in total. The van der Waals surface area contributed by atoms with Crippen LogP contribution in [0.1, 0.15) is 34.2 Å². The van der Waals surface area contributed by atoms with Gasteiger partial charge >= 0.3 is 0 Å². The van der Waals surface area contributed by atoms with Gasteiger partial charge in [-0.1, -0.05) is 54.6 Å². The smallest absolute Gasteiger partial charge is 0.115 e. The molecule has 3 rings (SSSR count). The molecule has 4 heteroatoms. The van der Waals surface area contributed by atoms with Gasteiger partial charge < -0.3 is 5.11 Å². The third kappa shape index (κ3) is 4.73. The SMILES string of the molecule is Cc1cc2c(cc1C)CSC(/C=C/c1ccccc1)(CC(O)CF)SC2. The van der Waals surface area contributed by atoms with E-state index < -0.39 is 12.8 Å². The van der Waals surface area contributed by atoms with Gasteiger partial charge in [0.05, 0.1) is 10.2 Å². The molecule has 26 heavy (non-hydrogen) atoms. The Bertz CT molecular complexity index is 740. The van der Waals surface area contributed by atoms with Gasteiger partial charge in [0, 0.05) is 17.9 Å². The molecule has 0 radical (unpaired) electrons. The average Bonchev–Trinajstić information content (AvgIpc) is 2.82. The van der Waals surface area contributed by atoms with Gasteiger partial charge in [-0.05, 0) is 41.7 Å². The van der Waals surface area contributed by atoms with E-state index in [0.717, 1.165) is 17.1 Å². The fourth-order valence-corrected chi connectivity index (χ4v) is 6.07. The molecule has 0 aromatic heterocycles. The van der Waals surface area contributed by atoms with E-state index in [0.29, 0.717) is 6.42 Å². The first kappa shape index (κ1) is 19.5. The Balaban J connectivity index is 1.88. The summed E-state index contributed by atoms with van der Waals surface area (Å²) in [6.07, 6.45) is 3.73. The van der Waals surface area contributed by atoms with E-state index in [1.807, 2.05) is 18.2 Å². The highest BCUT2D eigenvalue weighted by Crippen LogP contribution is 2.49. The van der Waals surface area contributed by atoms with Gasteiger partial charge in [0.25, 0.3) is 0 Å². The number of aliphatic hydroxyl groups is 1. The average molecular weight is 389 g/mol. The van der Waals surface area contributed by atoms with E-state index in [1.54, 1.807) is 23.5 Å². The number of hydrogen-bond acceptors (Lipinski definition) is 3. The molecule has 1 aliphatic heterocycles. The molecule has 0 bridgehead atoms. The van der Waals surface area contributed by atoms with Crippen molar-refractivity contribution in [3.8, 4) is 0 Å². The zero-order chi connectivity index (χ0) is 18.6. The lowest BCUT2D eigenvalue weighted by Crippen LogP contribution is -2.26. The Morgan fingerprint density at radius 2 is 1.65 bits per heavy atom. The van der Waals surface area contributed by atoms with Crippen molar-refractivity contribution < 1.29 is 9.50 Å². The van der Waals surface area contributed by atoms with Crippen LogP contribution in [0.15, 0.2) is 48.5 Å². The van der Waals surface area contributed by atoms with Crippen LogP contribution in [-0.2, 0) is 11.5 Å². The number of fused-ring (bicyclic) bond motifs is 1. The van der Waals surface area contributed by atoms with E-state index in [2.05, 4.69) is 50.3 Å². The lowest BCUT2D eigenvalue weighted by atomic mass is 10.0. The van der Waals surface area contributed by atoms with Crippen LogP contribution in [0.3, 0.4) is 0 Å². The van der Waals surface area contributed by atoms with Crippen LogP contribution in [0.5, 0.6) is 0 Å². The molecule has 138 valence electrons. The maximum Gasteiger partial charge on any atom is 0.115 e. The van der Waals surface area contributed by atoms with Gasteiger partial charge in [-0.25, -0.2) is 4.39 Å². The van der Waals surface area contributed by atoms with E-state index >= 15 is 0 Å². The highest BCUT2D eigenvalue weighted by molar-refractivity contribution is 8.17. The largest absolute Gasteiger partial charge is 0.390 e. The molecule has 0 amide bonds. The molecule has 0 saturated carbocycles. The predicted octanol–water partition coefficient (Wildman–Crippen LogP) is 5.91. The second kappa shape index (κ2) is 8.64. The molecule has 2 aromatic rings. The van der Waals surface area contributed by atoms with Gasteiger partial charge in [0.1, 0.15) is 6.67 Å². The van der Waals surface area contributed by atoms with E-state index in [9.17, 15) is 9.50 Å². The fraction of sp³-hybridized carbons (Fsp3) is 0.364. The van der Waals surface area contributed by atoms with Crippen molar-refractivity contribution in [1.82, 2.24) is 0 Å². The molecule has 1 N–H and O–H groups in total. The fourth-order valence-electron chi connectivity index (χ4n) is 3.10. The molecule has 1 atom stereocenters. The highest BCUT2D eigenvalue weighted by Gasteiger charge is 2.34. The van der Waals surface area contributed by atoms with Crippen molar-refractivity contribution >= 4 is 29.6 Å². The number of aryl methyl sites for hydroxylation is 2. The number of halogens is 1. The second-order valence-corrected chi connectivity index (χ2v) is 9.72. The summed E-state index contributed by atoms with van der Waals surface area (Å²) in [7, 11) is 0. The molecule has 1 unspecified atom stereocenters. The summed E-state index contributed by atoms with van der Waals surface area (Å²) in [5.74, 6) is 1.75. The molecular weight excluding hydrogens is 363 g/mol. The first-order valence-corrected chi connectivity index (χ1v) is 10.8. The van der Waals surface area contributed by atoms with Crippen molar-refractivity contribution in [3.05, 3.63) is 76.4 Å². The first-order chi connectivity index (χ1) is 12.5. The minimum Gasteiger partial charge on any atom is -0.390 e. The Morgan fingerprint density at radius 1 is 1.08 bits per heavy atom. The third-order valence-electron chi connectivity index (χ3n) is 4.79. The first-order valence-electron chi connectivity index (χ1n) is 8.86. The Labute approximate surface area is 164 Å². The van der Waals surface area contributed by atoms with Crippen LogP contribution in [0.25, 0.3) is 6.08 Å². The van der Waals surface area contributed by atoms with Gasteiger partial charge in [0.15, 0.2) is 0 Å². The van der Waals surface area contributed by atoms with Crippen LogP contribution < -0.4 is 0 Å². The summed E-state index contributed by atoms with van der Waals surface area (Å²) in [5, 5.41) is 10.0. The number of rotatable bonds is 5. The number of benzene rings is 2. The minimum absolute atomic E-state index is 0.331. The minimum atomic E-state index is -0.930. The van der Waals surface area contributed by atoms with E-state index in [1.165, 1.54) is 22.3 Å². The lowest BCUT2D eigenvalue weighted by molar-refractivity contribution is 0.131. The van der Waals surface area contributed by atoms with Crippen LogP contribution >= 0.6 is 23.5 Å². The maximum absolute atomic E-state index is 13.1. The third-order valence-corrected chi connectivity index (χ3v) is 7.99. The molecule has 1 aliphatic rings. The lowest BCUT2D eigenvalue weighted by Gasteiger charge is -2.29. The summed E-state index contributed by atoms with van der Waals surface area (Å²) in [4.78, 5) is 0. The number of hydrogen-bond donors (Lipinski definition) is 1. The standard InChI is InChI=1S/C22H25FOS2/c1-16-10-19-14-25-22(12-21(24)13-23,26-15-20(19)11-17(16)2)9-8-18-6-4-3-5-7-18/h3-11,21,24H,12-15H2,1-2H3/b9-8+. The van der Waals surface area contributed by atoms with Gasteiger partial charge in [-0.2, -0.15) is 0 Å². The van der Waals surface area contributed by atoms with Crippen molar-refractivity contribution in [2.45, 2.75) is 42.0 Å². The summed E-state index contributed by atoms with van der Waals surface area (Å²) in [6.45, 7) is 3.59. The van der Waals surface area contributed by atoms with E-state index in [-0.39, 0.29) is 4.08 Å². The number of alkyl halides is 1. The summed E-state index contributed by atoms with van der Waals surface area (Å²) >= 11 is 3.60. The van der Waals surface area contributed by atoms with Crippen molar-refractivity contribution in [2.24, 2.45) is 0 Å². The molecule has 0 saturated heterocycles. The second-order valence-electron chi connectivity index (χ2n) is 6.85. The van der Waals surface area contributed by atoms with Crippen LogP contribution in [0, 0.1) is 13.8 Å². The van der Waals surface area contributed by atoms with Crippen LogP contribution in [0.4, 0.5) is 4.39 Å². The Hall–Kier alpha value is -1.23. The Morgan fingerprint density at radius 3 is 2.19 bits per heavy atom. The van der Waals surface area contributed by atoms with Crippen molar-refractivity contribution in [2.75, 3.05) is 6.67 Å². The number of thioether (sulfide) groups is 2. The van der Waals surface area contributed by atoms with Gasteiger partial charge in [-0.3, -0.25) is 0 Å². The molecule has 0 fully saturated rings. The predicted molar refractivity (Wildman–Crippen MR) is 113 cm³/mol. The molecule has 0 aliphatic carbocycles. The topological polar surface area (TPSA) is 20.2 Å². The quantitative estimate of drug-likeness (QED) is 0.687. The van der Waals surface area contributed by atoms with E-state index in [4.69, 9.17) is 0 Å². The van der Waals surface area contributed by atoms with Crippen LogP contribution in [0.2, 0.25) is 0 Å². The molecule has 0 spiro atoms. The van der Waals surface area contributed by atoms with Crippen molar-refractivity contribution in [1.29, 1.82) is 0 Å². The highest BCUT2D eigenvalue weighted by atomic mass is 32.2. The number of aliphatic hydroxyl groups excluding tert-OH is 1. The molecule has 1 heterocycles. The zero-order valence-corrected chi connectivity index (χ0v) is 16.9. The van der Waals surface area contributed by atoms with Crippen LogP contribution in [-0.4, -0.2) is 22.0 Å². The Kier molecular flexibility index (Phi) is 6.49. The van der Waals surface area contributed by atoms with Gasteiger partial charge in [0.2, 0.25) is 0 Å². The van der Waals surface area contributed by atoms with Crippen molar-refractivity contribution in [3.63, 3.8) is 0 Å². The summed E-state index contributed by atoms with van der Waals surface area (Å²) in [5.41, 5.74) is 6.46. The monoisotopic (exact) mass is 388 g/mol. The summed E-state index contributed by atoms with van der Waals surface area (Å²) in [6, 6.07) is 14.7. The normalized spacial score (nSPS) is 17.7. The zero-order valence-electron chi connectivity index (χ0n) is 15.2. The molecule has 2 aromatic carbocycles. The molecular formula is C22H25FOS2.